The second kappa shape index (κ2) is 6.89. The molecule has 18 heavy (non-hydrogen) atoms. The van der Waals surface area contributed by atoms with Gasteiger partial charge in [0.15, 0.2) is 0 Å². The van der Waals surface area contributed by atoms with E-state index in [1.54, 1.807) is 6.07 Å². The molecule has 1 N–H and O–H groups in total. The van der Waals surface area contributed by atoms with E-state index in [2.05, 4.69) is 28.2 Å². The van der Waals surface area contributed by atoms with Crippen LogP contribution in [0.5, 0.6) is 0 Å². The van der Waals surface area contributed by atoms with Crippen molar-refractivity contribution in [3.05, 3.63) is 18.0 Å². The molecule has 0 radical (unpaired) electrons. The van der Waals surface area contributed by atoms with E-state index >= 15 is 0 Å². The van der Waals surface area contributed by atoms with Crippen molar-refractivity contribution >= 4 is 10.0 Å². The molecule has 0 amide bonds. The number of sulfonamides is 1. The molecule has 1 rings (SSSR count). The van der Waals surface area contributed by atoms with Gasteiger partial charge in [-0.3, -0.25) is 0 Å². The second-order valence-corrected chi connectivity index (χ2v) is 6.85. The van der Waals surface area contributed by atoms with Crippen molar-refractivity contribution in [3.8, 4) is 0 Å². The lowest BCUT2D eigenvalue weighted by atomic mass is 10.0. The summed E-state index contributed by atoms with van der Waals surface area (Å²) in [6.45, 7) is 6.22. The summed E-state index contributed by atoms with van der Waals surface area (Å²) in [5, 5.41) is 3.60. The van der Waals surface area contributed by atoms with E-state index in [1.165, 1.54) is 6.26 Å². The zero-order valence-corrected chi connectivity index (χ0v) is 12.0. The van der Waals surface area contributed by atoms with E-state index < -0.39 is 10.0 Å². The van der Waals surface area contributed by atoms with Crippen molar-refractivity contribution in [2.75, 3.05) is 0 Å². The van der Waals surface area contributed by atoms with Gasteiger partial charge in [0.25, 0.3) is 0 Å². The molecule has 0 bridgehead atoms. The van der Waals surface area contributed by atoms with Crippen molar-refractivity contribution in [2.24, 2.45) is 5.92 Å². The van der Waals surface area contributed by atoms with Crippen molar-refractivity contribution in [1.82, 2.24) is 9.88 Å². The summed E-state index contributed by atoms with van der Waals surface area (Å²) in [5.74, 6) is 0.529. The van der Waals surface area contributed by atoms with Crippen molar-refractivity contribution in [2.45, 2.75) is 51.8 Å². The summed E-state index contributed by atoms with van der Waals surface area (Å²) < 4.78 is 30.9. The second-order valence-electron chi connectivity index (χ2n) is 5.09. The van der Waals surface area contributed by atoms with Crippen LogP contribution in [-0.2, 0) is 15.8 Å². The molecule has 5 nitrogen and oxygen atoms in total. The van der Waals surface area contributed by atoms with Crippen molar-refractivity contribution < 1.29 is 12.9 Å². The lowest BCUT2D eigenvalue weighted by Gasteiger charge is -2.14. The lowest BCUT2D eigenvalue weighted by Crippen LogP contribution is -2.33. The summed E-state index contributed by atoms with van der Waals surface area (Å²) in [4.78, 5) is 0. The largest absolute Gasteiger partial charge is 0.364 e. The zero-order chi connectivity index (χ0) is 13.6. The van der Waals surface area contributed by atoms with Gasteiger partial charge in [0.1, 0.15) is 12.0 Å². The van der Waals surface area contributed by atoms with Crippen LogP contribution in [0.3, 0.4) is 0 Å². The molecule has 1 aromatic rings. The minimum Gasteiger partial charge on any atom is -0.364 e. The predicted octanol–water partition coefficient (Wildman–Crippen LogP) is 2.31. The van der Waals surface area contributed by atoms with Crippen LogP contribution >= 0.6 is 0 Å². The highest BCUT2D eigenvalue weighted by atomic mass is 32.2. The molecule has 0 spiro atoms. The first-order valence-corrected chi connectivity index (χ1v) is 7.93. The molecule has 0 saturated heterocycles. The van der Waals surface area contributed by atoms with Crippen LogP contribution in [0.1, 0.15) is 45.7 Å². The van der Waals surface area contributed by atoms with Crippen LogP contribution in [-0.4, -0.2) is 19.6 Å². The molecule has 0 aliphatic carbocycles. The Balaban J connectivity index is 2.35. The monoisotopic (exact) mass is 274 g/mol. The topological polar surface area (TPSA) is 72.2 Å². The highest BCUT2D eigenvalue weighted by Gasteiger charge is 2.16. The van der Waals surface area contributed by atoms with Gasteiger partial charge >= 0.3 is 0 Å². The maximum atomic E-state index is 11.8. The SMILES string of the molecule is CC(C)CCC[C@H](C)NS(=O)(=O)Cc1ccon1. The molecule has 104 valence electrons. The molecule has 0 aliphatic rings. The van der Waals surface area contributed by atoms with E-state index in [0.29, 0.717) is 11.6 Å². The molecule has 1 heterocycles. The first kappa shape index (κ1) is 15.2. The van der Waals surface area contributed by atoms with Gasteiger partial charge in [-0.2, -0.15) is 0 Å². The quantitative estimate of drug-likeness (QED) is 0.789. The third kappa shape index (κ3) is 6.16. The van der Waals surface area contributed by atoms with Gasteiger partial charge < -0.3 is 4.52 Å². The average molecular weight is 274 g/mol. The number of hydrogen-bond acceptors (Lipinski definition) is 4. The Labute approximate surface area is 109 Å². The predicted molar refractivity (Wildman–Crippen MR) is 70.4 cm³/mol. The fourth-order valence-electron chi connectivity index (χ4n) is 1.75. The first-order valence-electron chi connectivity index (χ1n) is 6.28. The molecule has 0 aliphatic heterocycles. The van der Waals surface area contributed by atoms with Gasteiger partial charge in [-0.25, -0.2) is 13.1 Å². The molecule has 1 aromatic heterocycles. The van der Waals surface area contributed by atoms with Gasteiger partial charge in [0.05, 0.1) is 5.69 Å². The smallest absolute Gasteiger partial charge is 0.217 e. The van der Waals surface area contributed by atoms with Crippen molar-refractivity contribution in [1.29, 1.82) is 0 Å². The Hall–Kier alpha value is -0.880. The van der Waals surface area contributed by atoms with Gasteiger partial charge in [0, 0.05) is 12.1 Å². The van der Waals surface area contributed by atoms with Crippen LogP contribution in [0, 0.1) is 5.92 Å². The third-order valence-electron chi connectivity index (χ3n) is 2.63. The van der Waals surface area contributed by atoms with Crippen LogP contribution < -0.4 is 4.72 Å². The van der Waals surface area contributed by atoms with Crippen LogP contribution in [0.25, 0.3) is 0 Å². The lowest BCUT2D eigenvalue weighted by molar-refractivity contribution is 0.413. The fourth-order valence-corrected chi connectivity index (χ4v) is 3.10. The summed E-state index contributed by atoms with van der Waals surface area (Å²) in [6, 6.07) is 1.52. The molecule has 6 heteroatoms. The van der Waals surface area contributed by atoms with Crippen LogP contribution in [0.4, 0.5) is 0 Å². The maximum Gasteiger partial charge on any atom is 0.217 e. The van der Waals surface area contributed by atoms with E-state index in [9.17, 15) is 8.42 Å². The number of aromatic nitrogens is 1. The number of hydrogen-bond donors (Lipinski definition) is 1. The highest BCUT2D eigenvalue weighted by Crippen LogP contribution is 2.10. The Morgan fingerprint density at radius 3 is 2.61 bits per heavy atom. The Morgan fingerprint density at radius 1 is 1.33 bits per heavy atom. The Morgan fingerprint density at radius 2 is 2.06 bits per heavy atom. The Kier molecular flexibility index (Phi) is 5.81. The standard InChI is InChI=1S/C12H22N2O3S/c1-10(2)5-4-6-11(3)14-18(15,16)9-12-7-8-17-13-12/h7-8,10-11,14H,4-6,9H2,1-3H3/t11-/m0/s1. The summed E-state index contributed by atoms with van der Waals surface area (Å²) in [7, 11) is -3.33. The van der Waals surface area contributed by atoms with Crippen LogP contribution in [0.15, 0.2) is 16.9 Å². The minimum absolute atomic E-state index is 0.0411. The third-order valence-corrected chi connectivity index (χ3v) is 4.07. The molecule has 0 saturated carbocycles. The van der Waals surface area contributed by atoms with E-state index in [0.717, 1.165) is 19.3 Å². The highest BCUT2D eigenvalue weighted by molar-refractivity contribution is 7.88. The number of nitrogens with one attached hydrogen (secondary N) is 1. The van der Waals surface area contributed by atoms with Crippen LogP contribution in [0.2, 0.25) is 0 Å². The Bertz CT molecular complexity index is 426. The summed E-state index contributed by atoms with van der Waals surface area (Å²) in [5.41, 5.74) is 0.428. The molecular weight excluding hydrogens is 252 g/mol. The molecule has 0 fully saturated rings. The number of nitrogens with zero attached hydrogens (tertiary/aromatic N) is 1. The first-order chi connectivity index (χ1) is 8.39. The summed E-state index contributed by atoms with van der Waals surface area (Å²) in [6.07, 6.45) is 4.38. The minimum atomic E-state index is -3.33. The molecular formula is C12H22N2O3S. The zero-order valence-electron chi connectivity index (χ0n) is 11.2. The van der Waals surface area contributed by atoms with Gasteiger partial charge in [-0.15, -0.1) is 0 Å². The maximum absolute atomic E-state index is 11.8. The molecule has 0 aromatic carbocycles. The van der Waals surface area contributed by atoms with Gasteiger partial charge in [-0.1, -0.05) is 31.8 Å². The number of rotatable bonds is 8. The van der Waals surface area contributed by atoms with Crippen molar-refractivity contribution in [3.63, 3.8) is 0 Å². The fraction of sp³-hybridized carbons (Fsp3) is 0.750. The van der Waals surface area contributed by atoms with E-state index in [1.807, 2.05) is 6.92 Å². The van der Waals surface area contributed by atoms with E-state index in [-0.39, 0.29) is 11.8 Å². The average Bonchev–Trinajstić information content (AvgIpc) is 2.67. The summed E-state index contributed by atoms with van der Waals surface area (Å²) >= 11 is 0. The molecule has 0 unspecified atom stereocenters. The normalized spacial score (nSPS) is 14.0. The van der Waals surface area contributed by atoms with Gasteiger partial charge in [0.2, 0.25) is 10.0 Å². The van der Waals surface area contributed by atoms with Gasteiger partial charge in [-0.05, 0) is 19.3 Å². The molecule has 1 atom stereocenters. The van der Waals surface area contributed by atoms with E-state index in [4.69, 9.17) is 0 Å².